The van der Waals surface area contributed by atoms with E-state index in [0.717, 1.165) is 40.2 Å². The van der Waals surface area contributed by atoms with E-state index < -0.39 is 0 Å². The molecule has 0 fully saturated rings. The summed E-state index contributed by atoms with van der Waals surface area (Å²) in [7, 11) is 0. The molecular formula is C24H24FN5O2. The lowest BCUT2D eigenvalue weighted by molar-refractivity contribution is 0.305. The first-order valence-corrected chi connectivity index (χ1v) is 10.7. The molecule has 0 radical (unpaired) electrons. The molecule has 1 aromatic carbocycles. The van der Waals surface area contributed by atoms with E-state index in [1.165, 1.54) is 6.07 Å². The van der Waals surface area contributed by atoms with Crippen molar-refractivity contribution in [2.75, 3.05) is 18.5 Å². The summed E-state index contributed by atoms with van der Waals surface area (Å²) in [4.78, 5) is 13.7. The number of benzene rings is 1. The third-order valence-corrected chi connectivity index (χ3v) is 5.48. The zero-order valence-corrected chi connectivity index (χ0v) is 18.1. The lowest BCUT2D eigenvalue weighted by Crippen LogP contribution is -2.09. The number of imidazole rings is 1. The van der Waals surface area contributed by atoms with E-state index in [-0.39, 0.29) is 5.82 Å². The van der Waals surface area contributed by atoms with Crippen molar-refractivity contribution in [1.29, 1.82) is 0 Å². The van der Waals surface area contributed by atoms with Gasteiger partial charge in [-0.3, -0.25) is 4.40 Å². The molecule has 32 heavy (non-hydrogen) atoms. The van der Waals surface area contributed by atoms with Gasteiger partial charge in [-0.25, -0.2) is 19.3 Å². The van der Waals surface area contributed by atoms with Crippen LogP contribution in [-0.4, -0.2) is 32.6 Å². The average molecular weight is 433 g/mol. The minimum absolute atomic E-state index is 0.243. The number of aromatic nitrogens is 4. The Bertz CT molecular complexity index is 1270. The Labute approximate surface area is 185 Å². The third kappa shape index (κ3) is 3.72. The maximum Gasteiger partial charge on any atom is 0.213 e. The van der Waals surface area contributed by atoms with Crippen LogP contribution < -0.4 is 14.8 Å². The van der Waals surface area contributed by atoms with Gasteiger partial charge in [-0.05, 0) is 31.5 Å². The van der Waals surface area contributed by atoms with Gasteiger partial charge in [0, 0.05) is 59.9 Å². The van der Waals surface area contributed by atoms with Crippen molar-refractivity contribution in [2.24, 2.45) is 0 Å². The molecular weight excluding hydrogens is 409 g/mol. The highest BCUT2D eigenvalue weighted by molar-refractivity contribution is 5.77. The van der Waals surface area contributed by atoms with Gasteiger partial charge in [0.2, 0.25) is 11.8 Å². The molecule has 3 aromatic heterocycles. The Kier molecular flexibility index (Phi) is 5.34. The van der Waals surface area contributed by atoms with Crippen LogP contribution in [0.2, 0.25) is 0 Å². The van der Waals surface area contributed by atoms with Crippen molar-refractivity contribution in [3.8, 4) is 22.8 Å². The zero-order valence-electron chi connectivity index (χ0n) is 18.1. The summed E-state index contributed by atoms with van der Waals surface area (Å²) in [6.45, 7) is 5.51. The monoisotopic (exact) mass is 433 g/mol. The van der Waals surface area contributed by atoms with Crippen LogP contribution in [0.5, 0.6) is 11.6 Å². The molecule has 0 unspecified atom stereocenters. The van der Waals surface area contributed by atoms with Crippen molar-refractivity contribution in [1.82, 2.24) is 19.4 Å². The molecule has 0 bridgehead atoms. The van der Waals surface area contributed by atoms with E-state index in [4.69, 9.17) is 9.47 Å². The molecule has 0 aliphatic carbocycles. The van der Waals surface area contributed by atoms with Gasteiger partial charge >= 0.3 is 0 Å². The molecule has 8 heteroatoms. The third-order valence-electron chi connectivity index (χ3n) is 5.48. The number of rotatable bonds is 7. The maximum absolute atomic E-state index is 14.5. The summed E-state index contributed by atoms with van der Waals surface area (Å²) in [6.07, 6.45) is 7.08. The van der Waals surface area contributed by atoms with Crippen LogP contribution in [-0.2, 0) is 13.0 Å². The Balaban J connectivity index is 1.45. The number of anilines is 1. The first kappa shape index (κ1) is 20.2. The molecule has 4 heterocycles. The number of nitrogens with zero attached hydrogens (tertiary/aromatic N) is 4. The van der Waals surface area contributed by atoms with Crippen molar-refractivity contribution in [3.05, 3.63) is 65.5 Å². The number of ether oxygens (including phenoxy) is 2. The van der Waals surface area contributed by atoms with E-state index in [1.54, 1.807) is 18.5 Å². The molecule has 0 atom stereocenters. The highest BCUT2D eigenvalue weighted by atomic mass is 19.1. The molecule has 1 N–H and O–H groups in total. The second-order valence-corrected chi connectivity index (χ2v) is 7.76. The summed E-state index contributed by atoms with van der Waals surface area (Å²) in [5.41, 5.74) is 4.90. The lowest BCUT2D eigenvalue weighted by Gasteiger charge is -2.13. The number of hydrogen-bond donors (Lipinski definition) is 1. The second kappa shape index (κ2) is 8.45. The van der Waals surface area contributed by atoms with Crippen LogP contribution >= 0.6 is 0 Å². The van der Waals surface area contributed by atoms with Gasteiger partial charge in [0.15, 0.2) is 0 Å². The average Bonchev–Trinajstić information content (AvgIpc) is 3.43. The normalized spacial score (nSPS) is 12.6. The van der Waals surface area contributed by atoms with Gasteiger partial charge in [0.1, 0.15) is 17.2 Å². The van der Waals surface area contributed by atoms with E-state index in [2.05, 4.69) is 27.2 Å². The minimum atomic E-state index is -0.243. The van der Waals surface area contributed by atoms with Crippen LogP contribution in [0.25, 0.3) is 16.8 Å². The Morgan fingerprint density at radius 2 is 2.09 bits per heavy atom. The minimum Gasteiger partial charge on any atom is -0.493 e. The molecule has 0 saturated heterocycles. The first-order valence-electron chi connectivity index (χ1n) is 10.7. The number of fused-ring (bicyclic) bond motifs is 2. The van der Waals surface area contributed by atoms with Gasteiger partial charge in [-0.1, -0.05) is 6.92 Å². The van der Waals surface area contributed by atoms with E-state index in [1.807, 2.05) is 29.7 Å². The predicted octanol–water partition coefficient (Wildman–Crippen LogP) is 4.57. The van der Waals surface area contributed by atoms with Gasteiger partial charge in [-0.15, -0.1) is 0 Å². The van der Waals surface area contributed by atoms with Crippen LogP contribution in [0.1, 0.15) is 30.2 Å². The number of halogens is 1. The quantitative estimate of drug-likeness (QED) is 0.460. The zero-order chi connectivity index (χ0) is 22.1. The van der Waals surface area contributed by atoms with E-state index in [0.29, 0.717) is 43.6 Å². The fraction of sp³-hybridized carbons (Fsp3) is 0.292. The van der Waals surface area contributed by atoms with E-state index in [9.17, 15) is 4.39 Å². The Morgan fingerprint density at radius 1 is 1.19 bits per heavy atom. The maximum atomic E-state index is 14.5. The molecule has 0 amide bonds. The van der Waals surface area contributed by atoms with Crippen LogP contribution in [0, 0.1) is 12.7 Å². The predicted molar refractivity (Wildman–Crippen MR) is 120 cm³/mol. The first-order chi connectivity index (χ1) is 15.6. The highest BCUT2D eigenvalue weighted by Gasteiger charge is 2.20. The number of hydrogen-bond acceptors (Lipinski definition) is 6. The van der Waals surface area contributed by atoms with Crippen molar-refractivity contribution in [2.45, 2.75) is 33.2 Å². The number of nitrogens with one attached hydrogen (secondary N) is 1. The van der Waals surface area contributed by atoms with Crippen LogP contribution in [0.4, 0.5) is 10.3 Å². The van der Waals surface area contributed by atoms with Gasteiger partial charge in [0.25, 0.3) is 0 Å². The lowest BCUT2D eigenvalue weighted by atomic mass is 10.0. The van der Waals surface area contributed by atoms with Crippen molar-refractivity contribution < 1.29 is 13.9 Å². The molecule has 0 spiro atoms. The largest absolute Gasteiger partial charge is 0.493 e. The standard InChI is InChI=1S/C24H24FN5O2/c1-3-9-32-22-7-4-16(11-26-22)18-12-27-24(30-14-15(2)29-23(18)30)28-13-19-17-8-10-31-21(17)6-5-20(19)25/h4-7,11-12,14H,3,8-10,13H2,1-2H3,(H,27,28). The summed E-state index contributed by atoms with van der Waals surface area (Å²) in [5, 5.41) is 3.28. The summed E-state index contributed by atoms with van der Waals surface area (Å²) < 4.78 is 27.6. The topological polar surface area (TPSA) is 73.6 Å². The SMILES string of the molecule is CCCOc1ccc(-c2cnc(NCc3c(F)ccc4c3CCO4)n3cc(C)nc23)cn1. The van der Waals surface area contributed by atoms with E-state index >= 15 is 0 Å². The molecule has 1 aliphatic heterocycles. The van der Waals surface area contributed by atoms with Gasteiger partial charge < -0.3 is 14.8 Å². The summed E-state index contributed by atoms with van der Waals surface area (Å²) in [6, 6.07) is 6.95. The van der Waals surface area contributed by atoms with Crippen LogP contribution in [0.15, 0.2) is 42.9 Å². The summed E-state index contributed by atoms with van der Waals surface area (Å²) in [5.74, 6) is 1.71. The summed E-state index contributed by atoms with van der Waals surface area (Å²) >= 11 is 0. The fourth-order valence-corrected chi connectivity index (χ4v) is 3.93. The van der Waals surface area contributed by atoms with Gasteiger partial charge in [-0.2, -0.15) is 0 Å². The Hall–Kier alpha value is -3.68. The number of aryl methyl sites for hydroxylation is 1. The highest BCUT2D eigenvalue weighted by Crippen LogP contribution is 2.31. The smallest absolute Gasteiger partial charge is 0.213 e. The molecule has 4 aromatic rings. The molecule has 5 rings (SSSR count). The van der Waals surface area contributed by atoms with Gasteiger partial charge in [0.05, 0.1) is 18.9 Å². The fourth-order valence-electron chi connectivity index (χ4n) is 3.93. The molecule has 0 saturated carbocycles. The molecule has 7 nitrogen and oxygen atoms in total. The molecule has 1 aliphatic rings. The number of pyridine rings is 1. The van der Waals surface area contributed by atoms with Crippen LogP contribution in [0.3, 0.4) is 0 Å². The molecule has 164 valence electrons. The van der Waals surface area contributed by atoms with Crippen molar-refractivity contribution >= 4 is 11.6 Å². The second-order valence-electron chi connectivity index (χ2n) is 7.76. The van der Waals surface area contributed by atoms with Crippen molar-refractivity contribution in [3.63, 3.8) is 0 Å². The Morgan fingerprint density at radius 3 is 2.91 bits per heavy atom.